The molecule has 1 atom stereocenters. The Morgan fingerprint density at radius 3 is 2.41 bits per heavy atom. The second-order valence-electron chi connectivity index (χ2n) is 5.88. The lowest BCUT2D eigenvalue weighted by atomic mass is 9.82. The normalized spacial score (nSPS) is 16.6. The maximum Gasteiger partial charge on any atom is 0.160 e. The number of benzene rings is 2. The minimum atomic E-state index is -0.858. The molecular formula is C20H18F2. The van der Waals surface area contributed by atoms with Crippen molar-refractivity contribution in [2.45, 2.75) is 32.6 Å². The fourth-order valence-electron chi connectivity index (χ4n) is 2.97. The fourth-order valence-corrected chi connectivity index (χ4v) is 2.97. The minimum Gasteiger partial charge on any atom is -0.204 e. The van der Waals surface area contributed by atoms with E-state index in [4.69, 9.17) is 0 Å². The highest BCUT2D eigenvalue weighted by Crippen LogP contribution is 2.28. The van der Waals surface area contributed by atoms with Crippen LogP contribution in [0.3, 0.4) is 0 Å². The van der Waals surface area contributed by atoms with Gasteiger partial charge in [0.1, 0.15) is 0 Å². The zero-order valence-electron chi connectivity index (χ0n) is 12.6. The van der Waals surface area contributed by atoms with Gasteiger partial charge in [0.2, 0.25) is 0 Å². The molecule has 0 aromatic heterocycles. The molecule has 0 spiro atoms. The average Bonchev–Trinajstić information content (AvgIpc) is 2.55. The monoisotopic (exact) mass is 296 g/mol. The van der Waals surface area contributed by atoms with Crippen LogP contribution in [0.4, 0.5) is 8.78 Å². The number of aryl methyl sites for hydroxylation is 1. The lowest BCUT2D eigenvalue weighted by Crippen LogP contribution is -2.13. The van der Waals surface area contributed by atoms with E-state index in [-0.39, 0.29) is 0 Å². The van der Waals surface area contributed by atoms with Gasteiger partial charge in [-0.1, -0.05) is 31.3 Å². The Balaban J connectivity index is 1.82. The number of fused-ring (bicyclic) bond motifs is 1. The molecule has 0 saturated heterocycles. The molecule has 0 N–H and O–H groups in total. The summed E-state index contributed by atoms with van der Waals surface area (Å²) < 4.78 is 26.0. The van der Waals surface area contributed by atoms with E-state index in [0.29, 0.717) is 5.56 Å². The van der Waals surface area contributed by atoms with Gasteiger partial charge in [-0.05, 0) is 66.6 Å². The number of hydrogen-bond acceptors (Lipinski definition) is 0. The molecule has 0 aliphatic heterocycles. The fraction of sp³-hybridized carbons (Fsp3) is 0.300. The van der Waals surface area contributed by atoms with Crippen molar-refractivity contribution in [2.24, 2.45) is 5.92 Å². The zero-order chi connectivity index (χ0) is 15.5. The lowest BCUT2D eigenvalue weighted by Gasteiger charge is -2.23. The van der Waals surface area contributed by atoms with E-state index in [9.17, 15) is 8.78 Å². The van der Waals surface area contributed by atoms with Gasteiger partial charge < -0.3 is 0 Å². The van der Waals surface area contributed by atoms with Gasteiger partial charge in [-0.25, -0.2) is 8.78 Å². The first kappa shape index (κ1) is 14.8. The van der Waals surface area contributed by atoms with Gasteiger partial charge in [-0.3, -0.25) is 0 Å². The molecule has 0 bridgehead atoms. The molecule has 0 amide bonds. The van der Waals surface area contributed by atoms with Crippen LogP contribution in [0.5, 0.6) is 0 Å². The average molecular weight is 296 g/mol. The van der Waals surface area contributed by atoms with Crippen LogP contribution in [0.25, 0.3) is 0 Å². The molecule has 2 aromatic rings. The predicted molar refractivity (Wildman–Crippen MR) is 84.6 cm³/mol. The second kappa shape index (κ2) is 6.32. The Kier molecular flexibility index (Phi) is 4.24. The third-order valence-electron chi connectivity index (χ3n) is 4.38. The van der Waals surface area contributed by atoms with E-state index in [1.165, 1.54) is 30.0 Å². The van der Waals surface area contributed by atoms with Crippen molar-refractivity contribution in [3.05, 3.63) is 70.3 Å². The van der Waals surface area contributed by atoms with Crippen molar-refractivity contribution in [3.8, 4) is 11.8 Å². The van der Waals surface area contributed by atoms with Gasteiger partial charge in [0.05, 0.1) is 0 Å². The van der Waals surface area contributed by atoms with Crippen molar-refractivity contribution in [3.63, 3.8) is 0 Å². The second-order valence-corrected chi connectivity index (χ2v) is 5.88. The van der Waals surface area contributed by atoms with Gasteiger partial charge >= 0.3 is 0 Å². The summed E-state index contributed by atoms with van der Waals surface area (Å²) in [5.74, 6) is 5.04. The first-order valence-electron chi connectivity index (χ1n) is 7.74. The van der Waals surface area contributed by atoms with E-state index < -0.39 is 11.6 Å². The van der Waals surface area contributed by atoms with E-state index in [0.717, 1.165) is 36.5 Å². The van der Waals surface area contributed by atoms with Crippen LogP contribution in [0, 0.1) is 29.4 Å². The van der Waals surface area contributed by atoms with Crippen molar-refractivity contribution in [2.75, 3.05) is 0 Å². The highest BCUT2D eigenvalue weighted by atomic mass is 19.2. The van der Waals surface area contributed by atoms with Crippen LogP contribution in [-0.2, 0) is 12.8 Å². The van der Waals surface area contributed by atoms with Crippen molar-refractivity contribution >= 4 is 0 Å². The predicted octanol–water partition coefficient (Wildman–Crippen LogP) is 4.88. The summed E-state index contributed by atoms with van der Waals surface area (Å²) in [5, 5.41) is 0. The highest BCUT2D eigenvalue weighted by Gasteiger charge is 2.16. The maximum atomic E-state index is 13.2. The summed E-state index contributed by atoms with van der Waals surface area (Å²) >= 11 is 0. The van der Waals surface area contributed by atoms with Crippen LogP contribution < -0.4 is 0 Å². The van der Waals surface area contributed by atoms with Crippen LogP contribution in [0.2, 0.25) is 0 Å². The SMILES string of the molecule is CCC1CCc2cc(C#Cc3ccc(F)c(F)c3)ccc2C1. The van der Waals surface area contributed by atoms with Crippen LogP contribution in [-0.4, -0.2) is 0 Å². The molecule has 2 aromatic carbocycles. The van der Waals surface area contributed by atoms with Crippen molar-refractivity contribution < 1.29 is 8.78 Å². The quantitative estimate of drug-likeness (QED) is 0.658. The zero-order valence-corrected chi connectivity index (χ0v) is 12.6. The summed E-state index contributed by atoms with van der Waals surface area (Å²) in [7, 11) is 0. The van der Waals surface area contributed by atoms with Gasteiger partial charge in [-0.2, -0.15) is 0 Å². The summed E-state index contributed by atoms with van der Waals surface area (Å²) in [6.45, 7) is 2.25. The van der Waals surface area contributed by atoms with Gasteiger partial charge in [-0.15, -0.1) is 0 Å². The largest absolute Gasteiger partial charge is 0.204 e. The first-order chi connectivity index (χ1) is 10.7. The van der Waals surface area contributed by atoms with E-state index >= 15 is 0 Å². The molecule has 22 heavy (non-hydrogen) atoms. The standard InChI is InChI=1S/C20H18F2/c1-2-14-5-8-18-12-15(6-9-17(18)11-14)3-4-16-7-10-19(21)20(22)13-16/h6-7,9-10,12-14H,2,5,8,11H2,1H3. The van der Waals surface area contributed by atoms with Gasteiger partial charge in [0.25, 0.3) is 0 Å². The smallest absolute Gasteiger partial charge is 0.160 e. The Morgan fingerprint density at radius 1 is 0.955 bits per heavy atom. The molecule has 112 valence electrons. The van der Waals surface area contributed by atoms with Crippen molar-refractivity contribution in [1.29, 1.82) is 0 Å². The molecule has 2 heteroatoms. The van der Waals surface area contributed by atoms with E-state index in [1.54, 1.807) is 0 Å². The molecule has 1 unspecified atom stereocenters. The Bertz CT molecular complexity index is 750. The topological polar surface area (TPSA) is 0 Å². The minimum absolute atomic E-state index is 0.489. The molecule has 1 aliphatic carbocycles. The molecule has 0 saturated carbocycles. The highest BCUT2D eigenvalue weighted by molar-refractivity contribution is 5.46. The molecule has 0 heterocycles. The molecule has 0 nitrogen and oxygen atoms in total. The Hall–Kier alpha value is -2.14. The van der Waals surface area contributed by atoms with E-state index in [2.05, 4.69) is 30.9 Å². The first-order valence-corrected chi connectivity index (χ1v) is 7.74. The Labute approximate surface area is 130 Å². The molecule has 3 rings (SSSR count). The molecular weight excluding hydrogens is 278 g/mol. The Morgan fingerprint density at radius 2 is 1.68 bits per heavy atom. The molecule has 1 aliphatic rings. The van der Waals surface area contributed by atoms with Gasteiger partial charge in [0, 0.05) is 11.1 Å². The third-order valence-corrected chi connectivity index (χ3v) is 4.38. The third kappa shape index (κ3) is 3.20. The number of halogens is 2. The van der Waals surface area contributed by atoms with Crippen molar-refractivity contribution in [1.82, 2.24) is 0 Å². The van der Waals surface area contributed by atoms with Gasteiger partial charge in [0.15, 0.2) is 11.6 Å². The van der Waals surface area contributed by atoms with Crippen LogP contribution in [0.15, 0.2) is 36.4 Å². The molecule has 0 fully saturated rings. The lowest BCUT2D eigenvalue weighted by molar-refractivity contribution is 0.445. The molecule has 0 radical (unpaired) electrons. The van der Waals surface area contributed by atoms with E-state index in [1.807, 2.05) is 6.07 Å². The van der Waals surface area contributed by atoms with Crippen LogP contribution in [0.1, 0.15) is 42.0 Å². The van der Waals surface area contributed by atoms with Crippen LogP contribution >= 0.6 is 0 Å². The summed E-state index contributed by atoms with van der Waals surface area (Å²) in [4.78, 5) is 0. The number of rotatable bonds is 1. The summed E-state index contributed by atoms with van der Waals surface area (Å²) in [6.07, 6.45) is 4.73. The number of hydrogen-bond donors (Lipinski definition) is 0. The summed E-state index contributed by atoms with van der Waals surface area (Å²) in [6, 6.07) is 10.0. The summed E-state index contributed by atoms with van der Waals surface area (Å²) in [5.41, 5.74) is 4.22. The maximum absolute atomic E-state index is 13.2.